The summed E-state index contributed by atoms with van der Waals surface area (Å²) in [5.41, 5.74) is 2.77. The number of anilines is 1. The van der Waals surface area contributed by atoms with E-state index in [1.807, 2.05) is 47.6 Å². The normalized spacial score (nSPS) is 17.3. The first kappa shape index (κ1) is 16.1. The molecule has 1 amide bonds. The monoisotopic (exact) mass is 363 g/mol. The molecule has 0 saturated heterocycles. The SMILES string of the molecule is O=C(C1CC1)N1CCNc2ccn3ncc(c3n2)-c2cccc(c2)OCC1. The van der Waals surface area contributed by atoms with E-state index in [0.717, 1.165) is 41.2 Å². The molecule has 7 heteroatoms. The molecule has 0 radical (unpaired) electrons. The van der Waals surface area contributed by atoms with Crippen LogP contribution in [0.4, 0.5) is 5.82 Å². The third kappa shape index (κ3) is 3.20. The number of hydrogen-bond donors (Lipinski definition) is 1. The Morgan fingerprint density at radius 3 is 3.04 bits per heavy atom. The summed E-state index contributed by atoms with van der Waals surface area (Å²) in [6.45, 7) is 2.36. The van der Waals surface area contributed by atoms with Crippen LogP contribution in [0.2, 0.25) is 0 Å². The minimum atomic E-state index is 0.205. The molecule has 5 rings (SSSR count). The molecule has 1 saturated carbocycles. The molecule has 0 atom stereocenters. The van der Waals surface area contributed by atoms with Gasteiger partial charge in [-0.2, -0.15) is 5.10 Å². The van der Waals surface area contributed by atoms with Gasteiger partial charge >= 0.3 is 0 Å². The van der Waals surface area contributed by atoms with Gasteiger partial charge in [-0.3, -0.25) is 4.79 Å². The number of nitrogens with zero attached hydrogens (tertiary/aromatic N) is 4. The van der Waals surface area contributed by atoms with Crippen molar-refractivity contribution in [3.05, 3.63) is 42.7 Å². The maximum atomic E-state index is 12.6. The van der Waals surface area contributed by atoms with Crippen molar-refractivity contribution in [3.8, 4) is 16.9 Å². The maximum Gasteiger partial charge on any atom is 0.225 e. The van der Waals surface area contributed by atoms with Gasteiger partial charge in [0.15, 0.2) is 5.65 Å². The van der Waals surface area contributed by atoms with Crippen LogP contribution in [0.5, 0.6) is 5.75 Å². The van der Waals surface area contributed by atoms with Crippen molar-refractivity contribution in [2.75, 3.05) is 31.6 Å². The Morgan fingerprint density at radius 1 is 1.22 bits per heavy atom. The lowest BCUT2D eigenvalue weighted by Gasteiger charge is -2.23. The molecule has 3 aromatic rings. The van der Waals surface area contributed by atoms with Gasteiger partial charge in [0.2, 0.25) is 5.91 Å². The summed E-state index contributed by atoms with van der Waals surface area (Å²) in [5, 5.41) is 7.74. The van der Waals surface area contributed by atoms with E-state index in [-0.39, 0.29) is 11.8 Å². The molecule has 3 heterocycles. The van der Waals surface area contributed by atoms with E-state index in [0.29, 0.717) is 26.2 Å². The van der Waals surface area contributed by atoms with Crippen LogP contribution in [0.25, 0.3) is 16.8 Å². The van der Waals surface area contributed by atoms with Crippen LogP contribution < -0.4 is 10.1 Å². The average molecular weight is 363 g/mol. The first-order valence-electron chi connectivity index (χ1n) is 9.38. The van der Waals surface area contributed by atoms with Gasteiger partial charge in [-0.25, -0.2) is 9.50 Å². The Hall–Kier alpha value is -3.09. The van der Waals surface area contributed by atoms with Crippen molar-refractivity contribution in [1.82, 2.24) is 19.5 Å². The molecular formula is C20H21N5O2. The molecule has 0 unspecified atom stereocenters. The highest BCUT2D eigenvalue weighted by atomic mass is 16.5. The van der Waals surface area contributed by atoms with Crippen molar-refractivity contribution in [3.63, 3.8) is 0 Å². The van der Waals surface area contributed by atoms with Crippen LogP contribution in [0.3, 0.4) is 0 Å². The van der Waals surface area contributed by atoms with E-state index >= 15 is 0 Å². The van der Waals surface area contributed by atoms with Gasteiger partial charge in [0.05, 0.1) is 12.7 Å². The number of hydrogen-bond acceptors (Lipinski definition) is 5. The van der Waals surface area contributed by atoms with Crippen LogP contribution in [0.1, 0.15) is 12.8 Å². The van der Waals surface area contributed by atoms with Gasteiger partial charge in [0.1, 0.15) is 18.2 Å². The van der Waals surface area contributed by atoms with Crippen molar-refractivity contribution in [2.45, 2.75) is 12.8 Å². The number of aromatic nitrogens is 3. The van der Waals surface area contributed by atoms with Gasteiger partial charge in [-0.05, 0) is 36.6 Å². The summed E-state index contributed by atoms with van der Waals surface area (Å²) >= 11 is 0. The molecular weight excluding hydrogens is 342 g/mol. The zero-order valence-corrected chi connectivity index (χ0v) is 15.0. The van der Waals surface area contributed by atoms with Crippen LogP contribution in [0.15, 0.2) is 42.7 Å². The zero-order chi connectivity index (χ0) is 18.2. The van der Waals surface area contributed by atoms with Crippen LogP contribution in [-0.2, 0) is 4.79 Å². The molecule has 1 N–H and O–H groups in total. The quantitative estimate of drug-likeness (QED) is 0.719. The molecule has 1 aliphatic carbocycles. The van der Waals surface area contributed by atoms with E-state index in [1.165, 1.54) is 0 Å². The third-order valence-corrected chi connectivity index (χ3v) is 5.07. The fourth-order valence-electron chi connectivity index (χ4n) is 3.44. The Bertz CT molecular complexity index is 995. The van der Waals surface area contributed by atoms with Crippen molar-refractivity contribution >= 4 is 17.4 Å². The smallest absolute Gasteiger partial charge is 0.225 e. The van der Waals surface area contributed by atoms with E-state index < -0.39 is 0 Å². The summed E-state index contributed by atoms with van der Waals surface area (Å²) in [6.07, 6.45) is 5.74. The van der Waals surface area contributed by atoms with E-state index in [4.69, 9.17) is 9.72 Å². The molecule has 1 aliphatic heterocycles. The van der Waals surface area contributed by atoms with Crippen molar-refractivity contribution in [1.29, 1.82) is 0 Å². The molecule has 1 aromatic carbocycles. The fraction of sp³-hybridized carbons (Fsp3) is 0.350. The lowest BCUT2D eigenvalue weighted by Crippen LogP contribution is -2.39. The van der Waals surface area contributed by atoms with E-state index in [1.54, 1.807) is 4.52 Å². The van der Waals surface area contributed by atoms with Crippen LogP contribution >= 0.6 is 0 Å². The average Bonchev–Trinajstić information content (AvgIpc) is 3.45. The Kier molecular flexibility index (Phi) is 3.92. The van der Waals surface area contributed by atoms with Crippen LogP contribution in [-0.4, -0.2) is 51.6 Å². The lowest BCUT2D eigenvalue weighted by molar-refractivity contribution is -0.132. The third-order valence-electron chi connectivity index (χ3n) is 5.07. The predicted molar refractivity (Wildman–Crippen MR) is 102 cm³/mol. The zero-order valence-electron chi connectivity index (χ0n) is 15.0. The fourth-order valence-corrected chi connectivity index (χ4v) is 3.44. The summed E-state index contributed by atoms with van der Waals surface area (Å²) in [6, 6.07) is 9.84. The number of nitrogens with one attached hydrogen (secondary N) is 1. The summed E-state index contributed by atoms with van der Waals surface area (Å²) in [5.74, 6) is 2.02. The number of carbonyl (C=O) groups excluding carboxylic acids is 1. The minimum absolute atomic E-state index is 0.205. The van der Waals surface area contributed by atoms with E-state index in [2.05, 4.69) is 10.4 Å². The molecule has 2 aliphatic rings. The molecule has 0 spiro atoms. The van der Waals surface area contributed by atoms with Gasteiger partial charge in [0, 0.05) is 30.8 Å². The summed E-state index contributed by atoms with van der Waals surface area (Å²) < 4.78 is 7.70. The number of amides is 1. The standard InChI is InChI=1S/C20H21N5O2/c26-20(14-4-5-14)24-9-7-21-18-6-8-25-19(23-18)17(13-22-25)15-2-1-3-16(12-15)27-11-10-24/h1-3,6,8,12-14H,4-5,7,9-11H2,(H,21,23). The molecule has 2 aromatic heterocycles. The second-order valence-electron chi connectivity index (χ2n) is 7.04. The maximum absolute atomic E-state index is 12.6. The molecule has 27 heavy (non-hydrogen) atoms. The first-order chi connectivity index (χ1) is 13.3. The second-order valence-corrected chi connectivity index (χ2v) is 7.04. The highest BCUT2D eigenvalue weighted by Crippen LogP contribution is 2.31. The van der Waals surface area contributed by atoms with Crippen molar-refractivity contribution < 1.29 is 9.53 Å². The summed E-state index contributed by atoms with van der Waals surface area (Å²) in [7, 11) is 0. The van der Waals surface area contributed by atoms with E-state index in [9.17, 15) is 4.79 Å². The largest absolute Gasteiger partial charge is 0.492 e. The van der Waals surface area contributed by atoms with Crippen molar-refractivity contribution in [2.24, 2.45) is 5.92 Å². The second kappa shape index (κ2) is 6.57. The highest BCUT2D eigenvalue weighted by Gasteiger charge is 2.33. The molecule has 4 bridgehead atoms. The Balaban J connectivity index is 1.50. The topological polar surface area (TPSA) is 71.8 Å². The lowest BCUT2D eigenvalue weighted by atomic mass is 10.1. The van der Waals surface area contributed by atoms with Gasteiger partial charge in [-0.15, -0.1) is 0 Å². The Morgan fingerprint density at radius 2 is 2.15 bits per heavy atom. The molecule has 1 fully saturated rings. The first-order valence-corrected chi connectivity index (χ1v) is 9.38. The minimum Gasteiger partial charge on any atom is -0.492 e. The molecule has 7 nitrogen and oxygen atoms in total. The Labute approximate surface area is 157 Å². The number of benzene rings is 1. The number of rotatable bonds is 1. The number of ether oxygens (including phenoxy) is 1. The van der Waals surface area contributed by atoms with Crippen LogP contribution in [0, 0.1) is 5.92 Å². The predicted octanol–water partition coefficient (Wildman–Crippen LogP) is 2.44. The highest BCUT2D eigenvalue weighted by molar-refractivity contribution is 5.81. The van der Waals surface area contributed by atoms with Gasteiger partial charge in [-0.1, -0.05) is 12.1 Å². The number of fused-ring (bicyclic) bond motifs is 4. The number of carbonyl (C=O) groups is 1. The summed E-state index contributed by atoms with van der Waals surface area (Å²) in [4.78, 5) is 19.2. The van der Waals surface area contributed by atoms with Gasteiger partial charge in [0.25, 0.3) is 0 Å². The van der Waals surface area contributed by atoms with Gasteiger partial charge < -0.3 is 15.0 Å². The molecule has 138 valence electrons.